The lowest BCUT2D eigenvalue weighted by atomic mass is 10.1. The first-order valence-electron chi connectivity index (χ1n) is 11.5. The van der Waals surface area contributed by atoms with Crippen molar-refractivity contribution >= 4 is 22.6 Å². The van der Waals surface area contributed by atoms with Crippen LogP contribution in [0.5, 0.6) is 0 Å². The van der Waals surface area contributed by atoms with Gasteiger partial charge in [-0.25, -0.2) is 4.98 Å². The SMILES string of the molecule is Cn1cc(CC(=O)N2CCN(c3ccc(-c4noc(C5CC5)n4)cn3)CC2)c2ccccc21. The summed E-state index contributed by atoms with van der Waals surface area (Å²) in [6.07, 6.45) is 6.57. The van der Waals surface area contributed by atoms with E-state index in [2.05, 4.69) is 42.9 Å². The summed E-state index contributed by atoms with van der Waals surface area (Å²) < 4.78 is 7.44. The topological polar surface area (TPSA) is 80.3 Å². The van der Waals surface area contributed by atoms with Crippen LogP contribution in [0.4, 0.5) is 5.82 Å². The minimum absolute atomic E-state index is 0.179. The Hall–Kier alpha value is -3.68. The number of hydrogen-bond donors (Lipinski definition) is 0. The molecule has 1 aliphatic carbocycles. The van der Waals surface area contributed by atoms with E-state index in [1.807, 2.05) is 36.2 Å². The highest BCUT2D eigenvalue weighted by Gasteiger charge is 2.30. The minimum atomic E-state index is 0.179. The summed E-state index contributed by atoms with van der Waals surface area (Å²) in [5, 5.41) is 5.24. The summed E-state index contributed by atoms with van der Waals surface area (Å²) in [5.41, 5.74) is 3.10. The van der Waals surface area contributed by atoms with E-state index in [9.17, 15) is 4.79 Å². The van der Waals surface area contributed by atoms with Crippen LogP contribution in [0, 0.1) is 0 Å². The molecule has 0 N–H and O–H groups in total. The van der Waals surface area contributed by atoms with Crippen molar-refractivity contribution in [3.05, 3.63) is 60.2 Å². The van der Waals surface area contributed by atoms with E-state index >= 15 is 0 Å². The van der Waals surface area contributed by atoms with Crippen LogP contribution < -0.4 is 4.90 Å². The van der Waals surface area contributed by atoms with Crippen molar-refractivity contribution in [3.8, 4) is 11.4 Å². The number of fused-ring (bicyclic) bond motifs is 1. The van der Waals surface area contributed by atoms with Crippen molar-refractivity contribution in [2.24, 2.45) is 7.05 Å². The fraction of sp³-hybridized carbons (Fsp3) is 0.360. The number of aryl methyl sites for hydroxylation is 1. The Balaban J connectivity index is 1.08. The van der Waals surface area contributed by atoms with Crippen molar-refractivity contribution in [2.75, 3.05) is 31.1 Å². The standard InChI is InChI=1S/C25H26N6O2/c1-29-16-19(20-4-2-3-5-21(20)29)14-23(32)31-12-10-30(11-13-31)22-9-8-18(15-26-22)24-27-25(33-28-24)17-6-7-17/h2-5,8-9,15-17H,6-7,10-14H2,1H3. The van der Waals surface area contributed by atoms with Crippen LogP contribution in [0.25, 0.3) is 22.3 Å². The lowest BCUT2D eigenvalue weighted by molar-refractivity contribution is -0.130. The summed E-state index contributed by atoms with van der Waals surface area (Å²) in [7, 11) is 2.03. The average Bonchev–Trinajstić information content (AvgIpc) is 3.51. The van der Waals surface area contributed by atoms with E-state index in [-0.39, 0.29) is 5.91 Å². The number of carbonyl (C=O) groups is 1. The number of rotatable bonds is 5. The Bertz CT molecular complexity index is 1300. The molecule has 0 bridgehead atoms. The van der Waals surface area contributed by atoms with Crippen LogP contribution in [0.2, 0.25) is 0 Å². The molecule has 3 aromatic heterocycles. The van der Waals surface area contributed by atoms with Gasteiger partial charge in [-0.05, 0) is 36.6 Å². The lowest BCUT2D eigenvalue weighted by Crippen LogP contribution is -2.49. The van der Waals surface area contributed by atoms with Gasteiger partial charge in [-0.15, -0.1) is 0 Å². The van der Waals surface area contributed by atoms with E-state index in [4.69, 9.17) is 4.52 Å². The molecule has 1 amide bonds. The van der Waals surface area contributed by atoms with E-state index in [1.165, 1.54) is 0 Å². The smallest absolute Gasteiger partial charge is 0.230 e. The maximum atomic E-state index is 13.0. The van der Waals surface area contributed by atoms with Gasteiger partial charge in [-0.2, -0.15) is 4.98 Å². The molecule has 0 unspecified atom stereocenters. The van der Waals surface area contributed by atoms with Crippen LogP contribution in [0.3, 0.4) is 0 Å². The van der Waals surface area contributed by atoms with E-state index in [1.54, 1.807) is 6.20 Å². The van der Waals surface area contributed by atoms with Crippen LogP contribution in [-0.4, -0.2) is 56.7 Å². The van der Waals surface area contributed by atoms with Gasteiger partial charge in [-0.1, -0.05) is 23.4 Å². The number of anilines is 1. The fourth-order valence-electron chi connectivity index (χ4n) is 4.58. The second kappa shape index (κ2) is 8.03. The normalized spacial score (nSPS) is 16.5. The maximum Gasteiger partial charge on any atom is 0.230 e. The number of nitrogens with zero attached hydrogens (tertiary/aromatic N) is 6. The average molecular weight is 443 g/mol. The molecule has 0 spiro atoms. The summed E-state index contributed by atoms with van der Waals surface area (Å²) >= 11 is 0. The van der Waals surface area contributed by atoms with Gasteiger partial charge in [0.1, 0.15) is 5.82 Å². The van der Waals surface area contributed by atoms with Crippen LogP contribution in [-0.2, 0) is 18.3 Å². The fourth-order valence-corrected chi connectivity index (χ4v) is 4.58. The predicted octanol–water partition coefficient (Wildman–Crippen LogP) is 3.39. The highest BCUT2D eigenvalue weighted by molar-refractivity contribution is 5.89. The molecule has 1 saturated heterocycles. The molecule has 8 heteroatoms. The van der Waals surface area contributed by atoms with Gasteiger partial charge in [-0.3, -0.25) is 4.79 Å². The minimum Gasteiger partial charge on any atom is -0.353 e. The predicted molar refractivity (Wildman–Crippen MR) is 125 cm³/mol. The first kappa shape index (κ1) is 20.0. The van der Waals surface area contributed by atoms with Crippen molar-refractivity contribution in [2.45, 2.75) is 25.2 Å². The molecule has 1 aliphatic heterocycles. The molecule has 4 aromatic rings. The number of para-hydroxylation sites is 1. The molecule has 33 heavy (non-hydrogen) atoms. The van der Waals surface area contributed by atoms with Gasteiger partial charge in [0.25, 0.3) is 0 Å². The van der Waals surface area contributed by atoms with Gasteiger partial charge in [0, 0.05) is 68.0 Å². The zero-order valence-corrected chi connectivity index (χ0v) is 18.6. The van der Waals surface area contributed by atoms with Crippen molar-refractivity contribution < 1.29 is 9.32 Å². The number of piperazine rings is 1. The van der Waals surface area contributed by atoms with E-state index in [0.29, 0.717) is 31.3 Å². The third-order valence-corrected chi connectivity index (χ3v) is 6.65. The van der Waals surface area contributed by atoms with Crippen molar-refractivity contribution in [1.82, 2.24) is 24.6 Å². The Morgan fingerprint density at radius 3 is 2.67 bits per heavy atom. The van der Waals surface area contributed by atoms with E-state index in [0.717, 1.165) is 59.7 Å². The molecule has 0 radical (unpaired) electrons. The molecule has 1 aromatic carbocycles. The highest BCUT2D eigenvalue weighted by atomic mass is 16.5. The first-order chi connectivity index (χ1) is 16.2. The number of aromatic nitrogens is 4. The third-order valence-electron chi connectivity index (χ3n) is 6.65. The zero-order chi connectivity index (χ0) is 22.4. The molecular formula is C25H26N6O2. The Kier molecular flexibility index (Phi) is 4.86. The third kappa shape index (κ3) is 3.86. The zero-order valence-electron chi connectivity index (χ0n) is 18.6. The summed E-state index contributed by atoms with van der Waals surface area (Å²) in [5.74, 6) is 2.86. The van der Waals surface area contributed by atoms with Gasteiger partial charge in [0.15, 0.2) is 0 Å². The molecule has 2 aliphatic rings. The van der Waals surface area contributed by atoms with Gasteiger partial charge in [0.05, 0.1) is 6.42 Å². The summed E-state index contributed by atoms with van der Waals surface area (Å²) in [4.78, 5) is 26.3. The van der Waals surface area contributed by atoms with Crippen molar-refractivity contribution in [1.29, 1.82) is 0 Å². The maximum absolute atomic E-state index is 13.0. The number of amides is 1. The number of benzene rings is 1. The first-order valence-corrected chi connectivity index (χ1v) is 11.5. The lowest BCUT2D eigenvalue weighted by Gasteiger charge is -2.35. The Labute approximate surface area is 191 Å². The molecule has 1 saturated carbocycles. The monoisotopic (exact) mass is 442 g/mol. The summed E-state index contributed by atoms with van der Waals surface area (Å²) in [6, 6.07) is 12.2. The molecule has 2 fully saturated rings. The Morgan fingerprint density at radius 2 is 1.91 bits per heavy atom. The number of pyridine rings is 1. The molecule has 6 rings (SSSR count). The van der Waals surface area contributed by atoms with Crippen LogP contribution in [0.15, 0.2) is 53.3 Å². The quantitative estimate of drug-likeness (QED) is 0.471. The van der Waals surface area contributed by atoms with Crippen molar-refractivity contribution in [3.63, 3.8) is 0 Å². The largest absolute Gasteiger partial charge is 0.353 e. The van der Waals surface area contributed by atoms with Gasteiger partial charge in [0.2, 0.25) is 17.6 Å². The summed E-state index contributed by atoms with van der Waals surface area (Å²) in [6.45, 7) is 2.93. The number of hydrogen-bond acceptors (Lipinski definition) is 6. The Morgan fingerprint density at radius 1 is 1.09 bits per heavy atom. The molecule has 8 nitrogen and oxygen atoms in total. The second-order valence-corrected chi connectivity index (χ2v) is 8.96. The van der Waals surface area contributed by atoms with E-state index < -0.39 is 0 Å². The molecule has 4 heterocycles. The van der Waals surface area contributed by atoms with Crippen LogP contribution in [0.1, 0.15) is 30.2 Å². The van der Waals surface area contributed by atoms with Gasteiger partial charge < -0.3 is 18.9 Å². The number of carbonyl (C=O) groups excluding carboxylic acids is 1. The highest BCUT2D eigenvalue weighted by Crippen LogP contribution is 2.39. The van der Waals surface area contributed by atoms with Crippen LogP contribution >= 0.6 is 0 Å². The second-order valence-electron chi connectivity index (χ2n) is 8.96. The molecular weight excluding hydrogens is 416 g/mol. The van der Waals surface area contributed by atoms with Gasteiger partial charge >= 0.3 is 0 Å². The molecule has 0 atom stereocenters. The molecule has 168 valence electrons.